The topological polar surface area (TPSA) is 72.3 Å². The summed E-state index contributed by atoms with van der Waals surface area (Å²) in [7, 11) is 0. The van der Waals surface area contributed by atoms with Crippen molar-refractivity contribution in [1.82, 2.24) is 19.9 Å². The summed E-state index contributed by atoms with van der Waals surface area (Å²) in [5, 5.41) is 3.06. The summed E-state index contributed by atoms with van der Waals surface area (Å²) in [6, 6.07) is 9.71. The molecule has 0 aliphatic carbocycles. The van der Waals surface area contributed by atoms with Crippen LogP contribution < -0.4 is 10.2 Å². The van der Waals surface area contributed by atoms with Gasteiger partial charge in [-0.15, -0.1) is 0 Å². The van der Waals surface area contributed by atoms with Crippen LogP contribution in [0.15, 0.2) is 48.9 Å². The molecule has 1 amide bonds. The molecule has 0 radical (unpaired) electrons. The molecule has 29 heavy (non-hydrogen) atoms. The lowest BCUT2D eigenvalue weighted by Gasteiger charge is -2.29. The zero-order valence-electron chi connectivity index (χ0n) is 16.8. The summed E-state index contributed by atoms with van der Waals surface area (Å²) in [5.74, 6) is 0.821. The van der Waals surface area contributed by atoms with Gasteiger partial charge in [0, 0.05) is 49.0 Å². The Morgan fingerprint density at radius 2 is 1.97 bits per heavy atom. The minimum atomic E-state index is -0.0926. The van der Waals surface area contributed by atoms with E-state index in [2.05, 4.69) is 20.2 Å². The molecule has 0 spiro atoms. The highest BCUT2D eigenvalue weighted by Gasteiger charge is 2.19. The smallest absolute Gasteiger partial charge is 0.253 e. The minimum Gasteiger partial charge on any atom is -0.378 e. The third kappa shape index (κ3) is 4.00. The molecule has 3 aromatic rings. The van der Waals surface area contributed by atoms with Crippen molar-refractivity contribution in [2.24, 2.45) is 0 Å². The van der Waals surface area contributed by atoms with Crippen molar-refractivity contribution in [2.45, 2.75) is 20.4 Å². The molecule has 1 saturated heterocycles. The van der Waals surface area contributed by atoms with Gasteiger partial charge in [0.1, 0.15) is 5.82 Å². The summed E-state index contributed by atoms with van der Waals surface area (Å²) in [6.07, 6.45) is 5.33. The summed E-state index contributed by atoms with van der Waals surface area (Å²) < 4.78 is 7.48. The van der Waals surface area contributed by atoms with Gasteiger partial charge in [-0.05, 0) is 38.1 Å². The van der Waals surface area contributed by atoms with Crippen molar-refractivity contribution < 1.29 is 9.53 Å². The number of amides is 1. The van der Waals surface area contributed by atoms with Crippen molar-refractivity contribution in [3.63, 3.8) is 0 Å². The Hall–Kier alpha value is -3.19. The highest BCUT2D eigenvalue weighted by molar-refractivity contribution is 5.96. The van der Waals surface area contributed by atoms with E-state index in [4.69, 9.17) is 4.74 Å². The Morgan fingerprint density at radius 3 is 2.72 bits per heavy atom. The van der Waals surface area contributed by atoms with Gasteiger partial charge in [0.15, 0.2) is 0 Å². The SMILES string of the molecule is Cc1cc(C(=O)NCc2cccnc2N2CCOCC2)c(C)n1-c1cccnc1. The number of aryl methyl sites for hydroxylation is 1. The van der Waals surface area contributed by atoms with Gasteiger partial charge < -0.3 is 19.5 Å². The average Bonchev–Trinajstić information content (AvgIpc) is 3.07. The fourth-order valence-corrected chi connectivity index (χ4v) is 3.77. The number of rotatable bonds is 5. The molecule has 0 unspecified atom stereocenters. The number of carbonyl (C=O) groups excluding carboxylic acids is 1. The molecule has 7 nitrogen and oxygen atoms in total. The molecule has 1 fully saturated rings. The van der Waals surface area contributed by atoms with Gasteiger partial charge >= 0.3 is 0 Å². The van der Waals surface area contributed by atoms with Gasteiger partial charge in [-0.2, -0.15) is 0 Å². The normalized spacial score (nSPS) is 14.1. The van der Waals surface area contributed by atoms with Crippen LogP contribution in [-0.4, -0.2) is 46.7 Å². The molecule has 150 valence electrons. The van der Waals surface area contributed by atoms with Crippen LogP contribution in [0.5, 0.6) is 0 Å². The molecule has 7 heteroatoms. The Balaban J connectivity index is 1.52. The van der Waals surface area contributed by atoms with Crippen LogP contribution >= 0.6 is 0 Å². The van der Waals surface area contributed by atoms with Crippen LogP contribution in [0, 0.1) is 13.8 Å². The number of aromatic nitrogens is 3. The van der Waals surface area contributed by atoms with Gasteiger partial charge in [-0.1, -0.05) is 6.07 Å². The molecule has 1 aliphatic rings. The number of anilines is 1. The summed E-state index contributed by atoms with van der Waals surface area (Å²) >= 11 is 0. The van der Waals surface area contributed by atoms with E-state index in [0.717, 1.165) is 41.5 Å². The van der Waals surface area contributed by atoms with Gasteiger partial charge in [0.05, 0.1) is 30.7 Å². The van der Waals surface area contributed by atoms with Gasteiger partial charge in [0.25, 0.3) is 5.91 Å². The second kappa shape index (κ2) is 8.45. The van der Waals surface area contributed by atoms with Crippen LogP contribution in [0.25, 0.3) is 5.69 Å². The molecule has 4 rings (SSSR count). The maximum Gasteiger partial charge on any atom is 0.253 e. The number of ether oxygens (including phenoxy) is 1. The second-order valence-corrected chi connectivity index (χ2v) is 7.10. The zero-order valence-corrected chi connectivity index (χ0v) is 16.8. The van der Waals surface area contributed by atoms with Gasteiger partial charge in [-0.3, -0.25) is 9.78 Å². The van der Waals surface area contributed by atoms with E-state index in [-0.39, 0.29) is 5.91 Å². The Morgan fingerprint density at radius 1 is 1.17 bits per heavy atom. The monoisotopic (exact) mass is 391 g/mol. The van der Waals surface area contributed by atoms with E-state index in [9.17, 15) is 4.79 Å². The predicted molar refractivity (Wildman–Crippen MR) is 111 cm³/mol. The maximum atomic E-state index is 12.9. The van der Waals surface area contributed by atoms with E-state index in [1.165, 1.54) is 0 Å². The molecule has 0 atom stereocenters. The first kappa shape index (κ1) is 19.1. The Bertz CT molecular complexity index is 994. The van der Waals surface area contributed by atoms with E-state index in [1.54, 1.807) is 18.6 Å². The number of hydrogen-bond donors (Lipinski definition) is 1. The predicted octanol–water partition coefficient (Wildman–Crippen LogP) is 2.65. The quantitative estimate of drug-likeness (QED) is 0.724. The number of nitrogens with one attached hydrogen (secondary N) is 1. The van der Waals surface area contributed by atoms with Crippen molar-refractivity contribution in [3.8, 4) is 5.69 Å². The lowest BCUT2D eigenvalue weighted by Crippen LogP contribution is -2.37. The third-order valence-electron chi connectivity index (χ3n) is 5.20. The van der Waals surface area contributed by atoms with Crippen LogP contribution in [0.4, 0.5) is 5.82 Å². The first-order valence-electron chi connectivity index (χ1n) is 9.79. The number of pyridine rings is 2. The van der Waals surface area contributed by atoms with E-state index in [0.29, 0.717) is 25.3 Å². The summed E-state index contributed by atoms with van der Waals surface area (Å²) in [4.78, 5) is 23.9. The molecule has 0 saturated carbocycles. The summed E-state index contributed by atoms with van der Waals surface area (Å²) in [5.41, 5.74) is 4.51. The highest BCUT2D eigenvalue weighted by atomic mass is 16.5. The molecule has 1 aliphatic heterocycles. The van der Waals surface area contributed by atoms with E-state index in [1.807, 2.05) is 48.7 Å². The van der Waals surface area contributed by atoms with Crippen molar-refractivity contribution in [2.75, 3.05) is 31.2 Å². The Labute approximate surface area is 170 Å². The lowest BCUT2D eigenvalue weighted by atomic mass is 10.2. The fraction of sp³-hybridized carbons (Fsp3) is 0.318. The molecule has 3 aromatic heterocycles. The molecule has 4 heterocycles. The molecule has 1 N–H and O–H groups in total. The van der Waals surface area contributed by atoms with Crippen molar-refractivity contribution in [1.29, 1.82) is 0 Å². The molecule has 0 bridgehead atoms. The number of nitrogens with zero attached hydrogens (tertiary/aromatic N) is 4. The number of carbonyl (C=O) groups is 1. The zero-order chi connectivity index (χ0) is 20.2. The molecule has 0 aromatic carbocycles. The highest BCUT2D eigenvalue weighted by Crippen LogP contribution is 2.21. The van der Waals surface area contributed by atoms with Crippen LogP contribution in [-0.2, 0) is 11.3 Å². The Kier molecular flexibility index (Phi) is 5.57. The standard InChI is InChI=1S/C22H25N5O2/c1-16-13-20(17(2)27(16)19-6-4-7-23-15-19)22(28)25-14-18-5-3-8-24-21(18)26-9-11-29-12-10-26/h3-8,13,15H,9-12,14H2,1-2H3,(H,25,28). The number of hydrogen-bond acceptors (Lipinski definition) is 5. The summed E-state index contributed by atoms with van der Waals surface area (Å²) in [6.45, 7) is 7.39. The van der Waals surface area contributed by atoms with Gasteiger partial charge in [0.2, 0.25) is 0 Å². The first-order valence-corrected chi connectivity index (χ1v) is 9.79. The lowest BCUT2D eigenvalue weighted by molar-refractivity contribution is 0.0950. The van der Waals surface area contributed by atoms with Crippen LogP contribution in [0.1, 0.15) is 27.3 Å². The molecular weight excluding hydrogens is 366 g/mol. The van der Waals surface area contributed by atoms with Crippen molar-refractivity contribution >= 4 is 11.7 Å². The fourth-order valence-electron chi connectivity index (χ4n) is 3.77. The van der Waals surface area contributed by atoms with Crippen LogP contribution in [0.2, 0.25) is 0 Å². The van der Waals surface area contributed by atoms with E-state index < -0.39 is 0 Å². The van der Waals surface area contributed by atoms with Crippen LogP contribution in [0.3, 0.4) is 0 Å². The van der Waals surface area contributed by atoms with Crippen molar-refractivity contribution in [3.05, 3.63) is 71.4 Å². The first-order chi connectivity index (χ1) is 14.1. The second-order valence-electron chi connectivity index (χ2n) is 7.10. The average molecular weight is 391 g/mol. The number of morpholine rings is 1. The maximum absolute atomic E-state index is 12.9. The van der Waals surface area contributed by atoms with E-state index >= 15 is 0 Å². The third-order valence-corrected chi connectivity index (χ3v) is 5.20. The van der Waals surface area contributed by atoms with Gasteiger partial charge in [-0.25, -0.2) is 4.98 Å². The molecular formula is C22H25N5O2. The minimum absolute atomic E-state index is 0.0926. The largest absolute Gasteiger partial charge is 0.378 e.